The second-order valence-corrected chi connectivity index (χ2v) is 8.95. The number of hydrazone groups is 1. The number of hydrogen-bond donors (Lipinski definition) is 1. The summed E-state index contributed by atoms with van der Waals surface area (Å²) >= 11 is 4.52. The summed E-state index contributed by atoms with van der Waals surface area (Å²) < 4.78 is 16.4. The van der Waals surface area contributed by atoms with Gasteiger partial charge in [-0.15, -0.1) is 10.2 Å². The highest BCUT2D eigenvalue weighted by Gasteiger charge is 2.17. The molecule has 6 nitrogen and oxygen atoms in total. The Kier molecular flexibility index (Phi) is 7.31. The lowest BCUT2D eigenvalue weighted by Crippen LogP contribution is -2.20. The standard InChI is InChI=1S/C24H19BrFN5OS/c1-16-7-9-17(10-8-16)23-29-30-24(31(23)20-5-3-2-4-6-20)33-15-22(32)28-27-14-18-13-19(25)11-12-21(18)26/h2-14H,15H2,1H3,(H,28,32). The molecule has 0 unspecified atom stereocenters. The Morgan fingerprint density at radius 2 is 1.88 bits per heavy atom. The number of thioether (sulfide) groups is 1. The maximum Gasteiger partial charge on any atom is 0.250 e. The molecule has 0 aliphatic heterocycles. The molecule has 0 saturated heterocycles. The van der Waals surface area contributed by atoms with E-state index in [0.717, 1.165) is 21.3 Å². The minimum absolute atomic E-state index is 0.0666. The molecule has 1 heterocycles. The van der Waals surface area contributed by atoms with E-state index in [4.69, 9.17) is 0 Å². The highest BCUT2D eigenvalue weighted by atomic mass is 79.9. The van der Waals surface area contributed by atoms with Crippen LogP contribution < -0.4 is 5.43 Å². The van der Waals surface area contributed by atoms with Gasteiger partial charge in [0.2, 0.25) is 0 Å². The van der Waals surface area contributed by atoms with Crippen molar-refractivity contribution in [1.82, 2.24) is 20.2 Å². The fourth-order valence-corrected chi connectivity index (χ4v) is 4.14. The van der Waals surface area contributed by atoms with Crippen LogP contribution in [0.2, 0.25) is 0 Å². The maximum atomic E-state index is 13.8. The second-order valence-electron chi connectivity index (χ2n) is 7.09. The van der Waals surface area contributed by atoms with Crippen LogP contribution in [-0.4, -0.2) is 32.6 Å². The average Bonchev–Trinajstić information content (AvgIpc) is 3.25. The predicted octanol–water partition coefficient (Wildman–Crippen LogP) is 5.39. The lowest BCUT2D eigenvalue weighted by Gasteiger charge is -2.10. The number of para-hydroxylation sites is 1. The first kappa shape index (κ1) is 22.9. The van der Waals surface area contributed by atoms with Gasteiger partial charge in [0.15, 0.2) is 11.0 Å². The monoisotopic (exact) mass is 523 g/mol. The summed E-state index contributed by atoms with van der Waals surface area (Å²) in [4.78, 5) is 12.3. The topological polar surface area (TPSA) is 72.2 Å². The number of halogens is 2. The summed E-state index contributed by atoms with van der Waals surface area (Å²) in [6.07, 6.45) is 1.27. The molecule has 0 aliphatic rings. The first-order valence-electron chi connectivity index (χ1n) is 9.99. The van der Waals surface area contributed by atoms with E-state index < -0.39 is 5.82 Å². The molecule has 1 aromatic heterocycles. The van der Waals surface area contributed by atoms with E-state index in [1.807, 2.05) is 66.1 Å². The molecular formula is C24H19BrFN5OS. The van der Waals surface area contributed by atoms with Crippen LogP contribution in [0.25, 0.3) is 17.1 Å². The van der Waals surface area contributed by atoms with Gasteiger partial charge in [0.05, 0.1) is 12.0 Å². The molecule has 0 radical (unpaired) electrons. The Morgan fingerprint density at radius 1 is 1.12 bits per heavy atom. The van der Waals surface area contributed by atoms with E-state index in [1.165, 1.54) is 24.0 Å². The Labute approximate surface area is 203 Å². The lowest BCUT2D eigenvalue weighted by molar-refractivity contribution is -0.118. The van der Waals surface area contributed by atoms with E-state index >= 15 is 0 Å². The van der Waals surface area contributed by atoms with Gasteiger partial charge in [0.1, 0.15) is 5.82 Å². The normalized spacial score (nSPS) is 11.1. The SMILES string of the molecule is Cc1ccc(-c2nnc(SCC(=O)NN=Cc3cc(Br)ccc3F)n2-c2ccccc2)cc1. The molecule has 0 aliphatic carbocycles. The number of benzene rings is 3. The van der Waals surface area contributed by atoms with Gasteiger partial charge in [0, 0.05) is 21.3 Å². The average molecular weight is 524 g/mol. The molecule has 4 aromatic rings. The van der Waals surface area contributed by atoms with E-state index in [2.05, 4.69) is 36.7 Å². The number of aryl methyl sites for hydroxylation is 1. The third kappa shape index (κ3) is 5.74. The van der Waals surface area contributed by atoms with Crippen LogP contribution in [0, 0.1) is 12.7 Å². The van der Waals surface area contributed by atoms with Gasteiger partial charge in [-0.3, -0.25) is 9.36 Å². The highest BCUT2D eigenvalue weighted by Crippen LogP contribution is 2.28. The van der Waals surface area contributed by atoms with Crippen molar-refractivity contribution in [1.29, 1.82) is 0 Å². The Hall–Kier alpha value is -3.30. The van der Waals surface area contributed by atoms with Crippen LogP contribution in [0.1, 0.15) is 11.1 Å². The van der Waals surface area contributed by atoms with Crippen molar-refractivity contribution >= 4 is 39.8 Å². The molecule has 166 valence electrons. The van der Waals surface area contributed by atoms with Crippen molar-refractivity contribution in [2.45, 2.75) is 12.1 Å². The molecule has 0 spiro atoms. The van der Waals surface area contributed by atoms with Gasteiger partial charge in [-0.1, -0.05) is 75.7 Å². The zero-order valence-electron chi connectivity index (χ0n) is 17.6. The predicted molar refractivity (Wildman–Crippen MR) is 132 cm³/mol. The van der Waals surface area contributed by atoms with Gasteiger partial charge in [0.25, 0.3) is 5.91 Å². The zero-order valence-corrected chi connectivity index (χ0v) is 20.0. The van der Waals surface area contributed by atoms with Crippen LogP contribution in [-0.2, 0) is 4.79 Å². The summed E-state index contributed by atoms with van der Waals surface area (Å²) in [5.41, 5.74) is 5.66. The van der Waals surface area contributed by atoms with Crippen LogP contribution in [0.5, 0.6) is 0 Å². The van der Waals surface area contributed by atoms with Crippen molar-refractivity contribution in [2.24, 2.45) is 5.10 Å². The van der Waals surface area contributed by atoms with Crippen molar-refractivity contribution < 1.29 is 9.18 Å². The summed E-state index contributed by atoms with van der Waals surface area (Å²) in [7, 11) is 0. The van der Waals surface area contributed by atoms with Crippen molar-refractivity contribution in [3.8, 4) is 17.1 Å². The zero-order chi connectivity index (χ0) is 23.2. The van der Waals surface area contributed by atoms with E-state index in [0.29, 0.717) is 11.0 Å². The van der Waals surface area contributed by atoms with Crippen LogP contribution >= 0.6 is 27.7 Å². The first-order chi connectivity index (χ1) is 16.0. The van der Waals surface area contributed by atoms with Gasteiger partial charge >= 0.3 is 0 Å². The fourth-order valence-electron chi connectivity index (χ4n) is 3.01. The number of hydrogen-bond acceptors (Lipinski definition) is 5. The third-order valence-corrected chi connectivity index (χ3v) is 6.06. The summed E-state index contributed by atoms with van der Waals surface area (Å²) in [6.45, 7) is 2.03. The van der Waals surface area contributed by atoms with Gasteiger partial charge in [-0.2, -0.15) is 5.10 Å². The maximum absolute atomic E-state index is 13.8. The minimum atomic E-state index is -0.426. The van der Waals surface area contributed by atoms with E-state index in [-0.39, 0.29) is 17.2 Å². The largest absolute Gasteiger partial charge is 0.272 e. The first-order valence-corrected chi connectivity index (χ1v) is 11.8. The molecule has 9 heteroatoms. The molecule has 0 atom stereocenters. The van der Waals surface area contributed by atoms with Gasteiger partial charge in [-0.05, 0) is 37.3 Å². The van der Waals surface area contributed by atoms with Crippen molar-refractivity contribution in [3.05, 3.63) is 94.2 Å². The molecule has 4 rings (SSSR count). The van der Waals surface area contributed by atoms with Crippen molar-refractivity contribution in [3.63, 3.8) is 0 Å². The highest BCUT2D eigenvalue weighted by molar-refractivity contribution is 9.10. The quantitative estimate of drug-likeness (QED) is 0.200. The molecule has 0 fully saturated rings. The van der Waals surface area contributed by atoms with Crippen LogP contribution in [0.4, 0.5) is 4.39 Å². The van der Waals surface area contributed by atoms with Crippen LogP contribution in [0.3, 0.4) is 0 Å². The number of rotatable bonds is 7. The molecule has 33 heavy (non-hydrogen) atoms. The summed E-state index contributed by atoms with van der Waals surface area (Å²) in [6, 6.07) is 22.3. The minimum Gasteiger partial charge on any atom is -0.272 e. The molecule has 1 amide bonds. The second kappa shape index (κ2) is 10.5. The summed E-state index contributed by atoms with van der Waals surface area (Å²) in [5, 5.41) is 13.1. The molecule has 3 aromatic carbocycles. The Bertz CT molecular complexity index is 1290. The molecular weight excluding hydrogens is 505 g/mol. The van der Waals surface area contributed by atoms with Gasteiger partial charge in [-0.25, -0.2) is 9.82 Å². The number of carbonyl (C=O) groups excluding carboxylic acids is 1. The number of nitrogens with one attached hydrogen (secondary N) is 1. The van der Waals surface area contributed by atoms with E-state index in [1.54, 1.807) is 12.1 Å². The molecule has 1 N–H and O–H groups in total. The summed E-state index contributed by atoms with van der Waals surface area (Å²) in [5.74, 6) is -0.0134. The smallest absolute Gasteiger partial charge is 0.250 e. The number of amides is 1. The van der Waals surface area contributed by atoms with Crippen LogP contribution in [0.15, 0.2) is 87.5 Å². The van der Waals surface area contributed by atoms with E-state index in [9.17, 15) is 9.18 Å². The lowest BCUT2D eigenvalue weighted by atomic mass is 10.1. The van der Waals surface area contributed by atoms with Crippen molar-refractivity contribution in [2.75, 3.05) is 5.75 Å². The number of nitrogens with zero attached hydrogens (tertiary/aromatic N) is 4. The Balaban J connectivity index is 1.50. The van der Waals surface area contributed by atoms with Gasteiger partial charge < -0.3 is 0 Å². The number of aromatic nitrogens is 3. The third-order valence-electron chi connectivity index (χ3n) is 4.64. The molecule has 0 bridgehead atoms. The Morgan fingerprint density at radius 3 is 2.64 bits per heavy atom. The number of carbonyl (C=O) groups is 1. The fraction of sp³-hybridized carbons (Fsp3) is 0.0833. The molecule has 0 saturated carbocycles.